The van der Waals surface area contributed by atoms with E-state index in [9.17, 15) is 5.11 Å². The molecule has 1 unspecified atom stereocenters. The number of ether oxygens (including phenoxy) is 2. The van der Waals surface area contributed by atoms with Gasteiger partial charge in [0.25, 0.3) is 0 Å². The molecular weight excluding hydrogens is 206 g/mol. The number of aliphatic hydroxyl groups excluding tert-OH is 1. The predicted molar refractivity (Wildman–Crippen MR) is 63.6 cm³/mol. The van der Waals surface area contributed by atoms with Crippen molar-refractivity contribution in [2.45, 2.75) is 45.4 Å². The Labute approximate surface area is 98.5 Å². The van der Waals surface area contributed by atoms with Crippen molar-refractivity contribution < 1.29 is 14.6 Å². The van der Waals surface area contributed by atoms with Crippen LogP contribution in [0.5, 0.6) is 0 Å². The Balaban J connectivity index is 2.34. The minimum atomic E-state index is -0.417. The van der Waals surface area contributed by atoms with E-state index in [1.54, 1.807) is 0 Å². The number of hydrogen-bond acceptors (Lipinski definition) is 4. The Morgan fingerprint density at radius 1 is 1.44 bits per heavy atom. The van der Waals surface area contributed by atoms with Gasteiger partial charge in [-0.25, -0.2) is 0 Å². The highest BCUT2D eigenvalue weighted by atomic mass is 16.5. The molecule has 1 heterocycles. The molecule has 4 nitrogen and oxygen atoms in total. The Morgan fingerprint density at radius 3 is 2.69 bits per heavy atom. The monoisotopic (exact) mass is 231 g/mol. The number of hydrogen-bond donors (Lipinski definition) is 1. The Hall–Kier alpha value is -0.160. The molecule has 96 valence electrons. The topological polar surface area (TPSA) is 41.9 Å². The van der Waals surface area contributed by atoms with E-state index in [4.69, 9.17) is 9.47 Å². The molecular formula is C12H25NO3. The molecule has 0 amide bonds. The highest BCUT2D eigenvalue weighted by molar-refractivity contribution is 4.85. The molecule has 0 aromatic heterocycles. The first-order valence-corrected chi connectivity index (χ1v) is 6.04. The zero-order chi connectivity index (χ0) is 12.2. The van der Waals surface area contributed by atoms with Crippen LogP contribution in [0.15, 0.2) is 0 Å². The van der Waals surface area contributed by atoms with E-state index in [2.05, 4.69) is 18.7 Å². The molecule has 1 rings (SSSR count). The lowest BCUT2D eigenvalue weighted by atomic mass is 10.0. The summed E-state index contributed by atoms with van der Waals surface area (Å²) < 4.78 is 10.8. The molecule has 16 heavy (non-hydrogen) atoms. The van der Waals surface area contributed by atoms with Gasteiger partial charge in [-0.2, -0.15) is 0 Å². The Bertz CT molecular complexity index is 206. The van der Waals surface area contributed by atoms with Crippen LogP contribution >= 0.6 is 0 Å². The molecule has 0 aromatic rings. The summed E-state index contributed by atoms with van der Waals surface area (Å²) in [5, 5.41) is 9.88. The minimum absolute atomic E-state index is 0.0110. The summed E-state index contributed by atoms with van der Waals surface area (Å²) in [6.07, 6.45) is -0.243. The number of β-amino-alcohol motifs (C(OH)–C–C–N with tert-alkyl or cyclic N) is 1. The van der Waals surface area contributed by atoms with E-state index in [0.717, 1.165) is 19.8 Å². The quantitative estimate of drug-likeness (QED) is 0.763. The van der Waals surface area contributed by atoms with Crippen molar-refractivity contribution in [2.24, 2.45) is 0 Å². The molecule has 0 radical (unpaired) electrons. The van der Waals surface area contributed by atoms with Crippen molar-refractivity contribution in [3.63, 3.8) is 0 Å². The average Bonchev–Trinajstić information content (AvgIpc) is 2.18. The lowest BCUT2D eigenvalue weighted by Crippen LogP contribution is -2.55. The summed E-state index contributed by atoms with van der Waals surface area (Å²) in [4.78, 5) is 2.27. The molecule has 1 N–H and O–H groups in total. The molecule has 0 spiro atoms. The van der Waals surface area contributed by atoms with Crippen LogP contribution in [0.1, 0.15) is 27.7 Å². The molecule has 0 bridgehead atoms. The van der Waals surface area contributed by atoms with Crippen molar-refractivity contribution in [1.29, 1.82) is 0 Å². The molecule has 1 saturated heterocycles. The van der Waals surface area contributed by atoms with Gasteiger partial charge in [-0.15, -0.1) is 0 Å². The SMILES string of the molecule is CC(C)OCC(O)CN1CCOCC1(C)C. The molecule has 1 aliphatic rings. The third-order valence-corrected chi connectivity index (χ3v) is 2.87. The van der Waals surface area contributed by atoms with Gasteiger partial charge in [0, 0.05) is 18.6 Å². The first-order chi connectivity index (χ1) is 7.42. The lowest BCUT2D eigenvalue weighted by molar-refractivity contribution is -0.0798. The first kappa shape index (κ1) is 13.9. The lowest BCUT2D eigenvalue weighted by Gasteiger charge is -2.43. The largest absolute Gasteiger partial charge is 0.389 e. The van der Waals surface area contributed by atoms with Crippen molar-refractivity contribution in [3.8, 4) is 0 Å². The van der Waals surface area contributed by atoms with Crippen molar-refractivity contribution >= 4 is 0 Å². The second-order valence-electron chi connectivity index (χ2n) is 5.35. The van der Waals surface area contributed by atoms with E-state index >= 15 is 0 Å². The summed E-state index contributed by atoms with van der Waals surface area (Å²) >= 11 is 0. The van der Waals surface area contributed by atoms with Gasteiger partial charge in [-0.1, -0.05) is 0 Å². The maximum atomic E-state index is 9.88. The molecule has 0 saturated carbocycles. The number of morpholine rings is 1. The van der Waals surface area contributed by atoms with Crippen molar-refractivity contribution in [1.82, 2.24) is 4.90 Å². The van der Waals surface area contributed by atoms with Crippen LogP contribution in [-0.2, 0) is 9.47 Å². The Kier molecular flexibility index (Phi) is 5.18. The highest BCUT2D eigenvalue weighted by Crippen LogP contribution is 2.19. The number of aliphatic hydroxyl groups is 1. The van der Waals surface area contributed by atoms with Crippen LogP contribution in [0.25, 0.3) is 0 Å². The summed E-state index contributed by atoms with van der Waals surface area (Å²) in [6.45, 7) is 11.7. The fourth-order valence-electron chi connectivity index (χ4n) is 1.84. The van der Waals surface area contributed by atoms with Crippen LogP contribution in [-0.4, -0.2) is 60.7 Å². The fourth-order valence-corrected chi connectivity index (χ4v) is 1.84. The van der Waals surface area contributed by atoms with Gasteiger partial charge >= 0.3 is 0 Å². The molecule has 1 atom stereocenters. The van der Waals surface area contributed by atoms with Gasteiger partial charge < -0.3 is 14.6 Å². The fraction of sp³-hybridized carbons (Fsp3) is 1.00. The smallest absolute Gasteiger partial charge is 0.0900 e. The van der Waals surface area contributed by atoms with Crippen LogP contribution in [0.4, 0.5) is 0 Å². The van der Waals surface area contributed by atoms with Gasteiger partial charge in [-0.05, 0) is 27.7 Å². The Morgan fingerprint density at radius 2 is 2.12 bits per heavy atom. The van der Waals surface area contributed by atoms with Crippen molar-refractivity contribution in [2.75, 3.05) is 32.9 Å². The van der Waals surface area contributed by atoms with Gasteiger partial charge in [0.05, 0.1) is 32.0 Å². The normalized spacial score (nSPS) is 23.6. The molecule has 4 heteroatoms. The highest BCUT2D eigenvalue weighted by Gasteiger charge is 2.31. The predicted octanol–water partition coefficient (Wildman–Crippen LogP) is 0.883. The van der Waals surface area contributed by atoms with Crippen LogP contribution < -0.4 is 0 Å². The van der Waals surface area contributed by atoms with E-state index in [1.165, 1.54) is 0 Å². The third kappa shape index (κ3) is 4.37. The molecule has 1 aliphatic heterocycles. The van der Waals surface area contributed by atoms with E-state index < -0.39 is 6.10 Å². The minimum Gasteiger partial charge on any atom is -0.389 e. The summed E-state index contributed by atoms with van der Waals surface area (Å²) in [5.74, 6) is 0. The van der Waals surface area contributed by atoms with Crippen LogP contribution in [0, 0.1) is 0 Å². The van der Waals surface area contributed by atoms with Gasteiger partial charge in [0.15, 0.2) is 0 Å². The summed E-state index contributed by atoms with van der Waals surface area (Å²) in [5.41, 5.74) is 0.0110. The van der Waals surface area contributed by atoms with Gasteiger partial charge in [-0.3, -0.25) is 4.90 Å². The first-order valence-electron chi connectivity index (χ1n) is 6.04. The van der Waals surface area contributed by atoms with E-state index in [1.807, 2.05) is 13.8 Å². The van der Waals surface area contributed by atoms with E-state index in [-0.39, 0.29) is 11.6 Å². The van der Waals surface area contributed by atoms with Crippen LogP contribution in [0.2, 0.25) is 0 Å². The zero-order valence-electron chi connectivity index (χ0n) is 10.9. The summed E-state index contributed by atoms with van der Waals surface area (Å²) in [7, 11) is 0. The molecule has 1 fully saturated rings. The second kappa shape index (κ2) is 5.96. The maximum absolute atomic E-state index is 9.88. The zero-order valence-corrected chi connectivity index (χ0v) is 10.9. The maximum Gasteiger partial charge on any atom is 0.0900 e. The van der Waals surface area contributed by atoms with Gasteiger partial charge in [0.2, 0.25) is 0 Å². The average molecular weight is 231 g/mol. The summed E-state index contributed by atoms with van der Waals surface area (Å²) in [6, 6.07) is 0. The van der Waals surface area contributed by atoms with Crippen molar-refractivity contribution in [3.05, 3.63) is 0 Å². The van der Waals surface area contributed by atoms with Crippen LogP contribution in [0.3, 0.4) is 0 Å². The second-order valence-corrected chi connectivity index (χ2v) is 5.35. The molecule has 0 aromatic carbocycles. The van der Waals surface area contributed by atoms with Gasteiger partial charge in [0.1, 0.15) is 0 Å². The number of nitrogens with zero attached hydrogens (tertiary/aromatic N) is 1. The molecule has 0 aliphatic carbocycles. The number of rotatable bonds is 5. The third-order valence-electron chi connectivity index (χ3n) is 2.87. The van der Waals surface area contributed by atoms with E-state index in [0.29, 0.717) is 13.2 Å². The standard InChI is InChI=1S/C12H25NO3/c1-10(2)16-8-11(14)7-13-5-6-15-9-12(13,3)4/h10-11,14H,5-9H2,1-4H3.